The van der Waals surface area contributed by atoms with Gasteiger partial charge in [-0.3, -0.25) is 15.0 Å². The predicted octanol–water partition coefficient (Wildman–Crippen LogP) is 1.35. The van der Waals surface area contributed by atoms with Crippen LogP contribution in [0.3, 0.4) is 0 Å². The summed E-state index contributed by atoms with van der Waals surface area (Å²) in [6, 6.07) is 7.39. The Kier molecular flexibility index (Phi) is 22.3. The zero-order chi connectivity index (χ0) is 45.4. The molecule has 356 valence electrons. The molecule has 3 aliphatic heterocycles. The summed E-state index contributed by atoms with van der Waals surface area (Å²) in [5.74, 6) is 6.42. The summed E-state index contributed by atoms with van der Waals surface area (Å²) in [7, 11) is 1.54. The van der Waals surface area contributed by atoms with Crippen LogP contribution in [0.1, 0.15) is 41.5 Å². The van der Waals surface area contributed by atoms with Gasteiger partial charge in [0, 0.05) is 35.2 Å². The molecule has 0 saturated carbocycles. The summed E-state index contributed by atoms with van der Waals surface area (Å²) < 4.78 is 68.2. The number of hydrogen-bond donors (Lipinski definition) is 4. The average molecular weight is 905 g/mol. The highest BCUT2D eigenvalue weighted by molar-refractivity contribution is 6.09. The van der Waals surface area contributed by atoms with Crippen LogP contribution >= 0.6 is 0 Å². The van der Waals surface area contributed by atoms with Gasteiger partial charge < -0.3 is 72.1 Å². The summed E-state index contributed by atoms with van der Waals surface area (Å²) in [6.07, 6.45) is 0.196. The molecule has 0 bridgehead atoms. The van der Waals surface area contributed by atoms with Crippen molar-refractivity contribution in [2.45, 2.75) is 44.5 Å². The highest BCUT2D eigenvalue weighted by Gasteiger charge is 2.45. The van der Waals surface area contributed by atoms with E-state index in [4.69, 9.17) is 67.5 Å². The van der Waals surface area contributed by atoms with Gasteiger partial charge in [-0.2, -0.15) is 0 Å². The summed E-state index contributed by atoms with van der Waals surface area (Å²) in [5, 5.41) is 17.3. The molecular weight excluding hydrogens is 840 g/mol. The van der Waals surface area contributed by atoms with Crippen LogP contribution in [0, 0.1) is 0 Å². The molecule has 2 amide bonds. The molecule has 0 radical (unpaired) electrons. The second kappa shape index (κ2) is 28.3. The van der Waals surface area contributed by atoms with E-state index >= 15 is 0 Å². The largest absolute Gasteiger partial charge is 0.496 e. The van der Waals surface area contributed by atoms with Crippen LogP contribution < -0.4 is 35.5 Å². The minimum atomic E-state index is -0.455. The molecule has 2 aromatic rings. The number of hydrazine groups is 1. The molecule has 3 atom stereocenters. The van der Waals surface area contributed by atoms with Crippen LogP contribution in [0.4, 0.5) is 0 Å². The van der Waals surface area contributed by atoms with Gasteiger partial charge in [-0.25, -0.2) is 5.84 Å². The Hall–Kier alpha value is -4.61. The molecule has 5 rings (SSSR count). The number of nitrogens with one attached hydrogen (secondary N) is 2. The zero-order valence-corrected chi connectivity index (χ0v) is 36.9. The molecule has 3 aliphatic rings. The molecular formula is C44H64N4O16. The Balaban J connectivity index is 0.887. The van der Waals surface area contributed by atoms with E-state index in [-0.39, 0.29) is 50.7 Å². The SMILES string of the molecule is C=C(C)[C@H]1Cc2c(ccc3c2O[C@@H]2COc4cc(CO)c(OC)cc4[C@@H]2/C3=N/OCC(=O)NCCOCCOCCOCCOCCOCCOCCOCCOCCC(=O)NN)O1. The number of nitrogens with two attached hydrogens (primary N) is 1. The molecule has 0 aromatic heterocycles. The molecule has 20 heteroatoms. The Morgan fingerprint density at radius 3 is 1.92 bits per heavy atom. The van der Waals surface area contributed by atoms with Gasteiger partial charge in [-0.15, -0.1) is 0 Å². The Morgan fingerprint density at radius 2 is 1.38 bits per heavy atom. The topological polar surface area (TPSA) is 237 Å². The number of amides is 2. The maximum Gasteiger partial charge on any atom is 0.260 e. The molecule has 0 saturated heterocycles. The second-order valence-electron chi connectivity index (χ2n) is 14.7. The first-order valence-electron chi connectivity index (χ1n) is 21.5. The van der Waals surface area contributed by atoms with Gasteiger partial charge >= 0.3 is 0 Å². The first-order chi connectivity index (χ1) is 31.3. The van der Waals surface area contributed by atoms with Crippen molar-refractivity contribution >= 4 is 17.5 Å². The minimum Gasteiger partial charge on any atom is -0.496 e. The van der Waals surface area contributed by atoms with E-state index in [0.29, 0.717) is 141 Å². The fourth-order valence-corrected chi connectivity index (χ4v) is 6.88. The number of oxime groups is 1. The fourth-order valence-electron chi connectivity index (χ4n) is 6.88. The van der Waals surface area contributed by atoms with E-state index in [1.54, 1.807) is 13.2 Å². The van der Waals surface area contributed by atoms with E-state index < -0.39 is 12.0 Å². The fraction of sp³-hybridized carbons (Fsp3) is 0.614. The smallest absolute Gasteiger partial charge is 0.260 e. The number of aliphatic hydroxyl groups excluding tert-OH is 1. The van der Waals surface area contributed by atoms with Crippen molar-refractivity contribution in [3.05, 3.63) is 58.7 Å². The Bertz CT molecular complexity index is 1800. The molecule has 0 aliphatic carbocycles. The van der Waals surface area contributed by atoms with Gasteiger partial charge in [0.15, 0.2) is 6.61 Å². The lowest BCUT2D eigenvalue weighted by molar-refractivity contribution is -0.126. The van der Waals surface area contributed by atoms with Crippen molar-refractivity contribution in [3.63, 3.8) is 0 Å². The van der Waals surface area contributed by atoms with Gasteiger partial charge in [0.05, 0.1) is 132 Å². The second-order valence-corrected chi connectivity index (χ2v) is 14.7. The van der Waals surface area contributed by atoms with Gasteiger partial charge in [0.2, 0.25) is 5.91 Å². The monoisotopic (exact) mass is 904 g/mol. The van der Waals surface area contributed by atoms with Gasteiger partial charge in [-0.05, 0) is 36.8 Å². The number of rotatable bonds is 33. The van der Waals surface area contributed by atoms with Crippen molar-refractivity contribution in [2.24, 2.45) is 11.0 Å². The molecule has 5 N–H and O–H groups in total. The van der Waals surface area contributed by atoms with Crippen molar-refractivity contribution in [3.8, 4) is 23.0 Å². The van der Waals surface area contributed by atoms with E-state index in [2.05, 4.69) is 17.1 Å². The summed E-state index contributed by atoms with van der Waals surface area (Å²) in [5.41, 5.74) is 6.54. The van der Waals surface area contributed by atoms with Crippen LogP contribution in [0.15, 0.2) is 41.6 Å². The third-order valence-corrected chi connectivity index (χ3v) is 10.1. The van der Waals surface area contributed by atoms with E-state index in [0.717, 1.165) is 28.0 Å². The quantitative estimate of drug-likeness (QED) is 0.0260. The molecule has 0 spiro atoms. The third-order valence-electron chi connectivity index (χ3n) is 10.1. The Labute approximate surface area is 373 Å². The number of fused-ring (bicyclic) bond motifs is 6. The van der Waals surface area contributed by atoms with Crippen molar-refractivity contribution in [1.29, 1.82) is 0 Å². The van der Waals surface area contributed by atoms with Crippen molar-refractivity contribution < 1.29 is 76.4 Å². The van der Waals surface area contributed by atoms with Crippen LogP contribution in [0.5, 0.6) is 23.0 Å². The third kappa shape index (κ3) is 15.8. The number of methoxy groups -OCH3 is 1. The summed E-state index contributed by atoms with van der Waals surface area (Å²) in [4.78, 5) is 29.4. The number of aliphatic hydroxyl groups is 1. The van der Waals surface area contributed by atoms with Gasteiger partial charge in [-0.1, -0.05) is 11.7 Å². The zero-order valence-electron chi connectivity index (χ0n) is 36.9. The molecule has 2 aromatic carbocycles. The molecule has 0 unspecified atom stereocenters. The number of carbonyl (C=O) groups excluding carboxylic acids is 2. The lowest BCUT2D eigenvalue weighted by Gasteiger charge is -2.39. The maximum absolute atomic E-state index is 12.7. The van der Waals surface area contributed by atoms with Crippen molar-refractivity contribution in [1.82, 2.24) is 10.7 Å². The van der Waals surface area contributed by atoms with Gasteiger partial charge in [0.1, 0.15) is 47.5 Å². The lowest BCUT2D eigenvalue weighted by Crippen LogP contribution is -2.43. The molecule has 3 heterocycles. The predicted molar refractivity (Wildman–Crippen MR) is 230 cm³/mol. The number of hydrogen-bond acceptors (Lipinski definition) is 18. The summed E-state index contributed by atoms with van der Waals surface area (Å²) in [6.45, 7) is 12.6. The molecule has 64 heavy (non-hydrogen) atoms. The standard InChI is InChI=1S/C44H64N4O16/c1-30(2)36-26-34-35(63-36)5-4-32-43(42-33-25-37(52-3)31(27-49)24-38(33)61-28-39(42)64-44(32)34)48-62-29-41(51)46-7-9-54-11-13-56-15-17-58-19-21-60-23-22-59-20-18-57-16-14-55-12-10-53-8-6-40(50)47-45/h4-5,24-25,36,39,42,49H,1,6-23,26-29,45H2,2-3H3,(H,46,51)(H,47,50)/b48-43+/t36-,39-,42+/m1/s1. The number of ether oxygens (including phenoxy) is 12. The van der Waals surface area contributed by atoms with Crippen LogP contribution in [0.25, 0.3) is 0 Å². The molecule has 0 fully saturated rings. The first kappa shape index (κ1) is 50.4. The highest BCUT2D eigenvalue weighted by atomic mass is 16.6. The lowest BCUT2D eigenvalue weighted by atomic mass is 9.80. The van der Waals surface area contributed by atoms with E-state index in [1.807, 2.05) is 30.5 Å². The van der Waals surface area contributed by atoms with E-state index in [9.17, 15) is 14.7 Å². The minimum absolute atomic E-state index is 0.165. The van der Waals surface area contributed by atoms with Crippen LogP contribution in [-0.2, 0) is 65.3 Å². The summed E-state index contributed by atoms with van der Waals surface area (Å²) >= 11 is 0. The average Bonchev–Trinajstić information content (AvgIpc) is 3.76. The molecule has 20 nitrogen and oxygen atoms in total. The first-order valence-corrected chi connectivity index (χ1v) is 21.5. The number of nitrogens with zero attached hydrogens (tertiary/aromatic N) is 1. The van der Waals surface area contributed by atoms with Crippen LogP contribution in [-0.4, -0.2) is 167 Å². The van der Waals surface area contributed by atoms with Gasteiger partial charge in [0.25, 0.3) is 5.91 Å². The highest BCUT2D eigenvalue weighted by Crippen LogP contribution is 2.49. The van der Waals surface area contributed by atoms with Crippen LogP contribution in [0.2, 0.25) is 0 Å². The number of benzene rings is 2. The number of carbonyl (C=O) groups is 2. The normalized spacial score (nSPS) is 17.6. The van der Waals surface area contributed by atoms with Crippen molar-refractivity contribution in [2.75, 3.05) is 133 Å². The van der Waals surface area contributed by atoms with E-state index in [1.165, 1.54) is 0 Å². The Morgan fingerprint density at radius 1 is 0.797 bits per heavy atom. The maximum atomic E-state index is 12.7.